The largest absolute Gasteiger partial charge is 1.00 e. The van der Waals surface area contributed by atoms with Crippen molar-refractivity contribution in [2.45, 2.75) is 12.5 Å². The molecule has 0 spiro atoms. The van der Waals surface area contributed by atoms with Gasteiger partial charge in [-0.3, -0.25) is 9.00 Å². The summed E-state index contributed by atoms with van der Waals surface area (Å²) in [6.45, 7) is 0. The first-order valence-electron chi connectivity index (χ1n) is 3.32. The third kappa shape index (κ3) is 36.0. The van der Waals surface area contributed by atoms with Crippen LogP contribution >= 0.6 is 11.8 Å². The van der Waals surface area contributed by atoms with Crippen molar-refractivity contribution in [2.24, 2.45) is 5.73 Å². The van der Waals surface area contributed by atoms with Gasteiger partial charge in [0.1, 0.15) is 6.04 Å². The van der Waals surface area contributed by atoms with Crippen LogP contribution in [0.5, 0.6) is 0 Å². The van der Waals surface area contributed by atoms with Gasteiger partial charge < -0.3 is 19.9 Å². The summed E-state index contributed by atoms with van der Waals surface area (Å²) >= 11 is 4.85. The second-order valence-corrected chi connectivity index (χ2v) is 5.16. The molecular formula is C5H11NNa2O5S3. The maximum Gasteiger partial charge on any atom is 1.00 e. The van der Waals surface area contributed by atoms with E-state index in [4.69, 9.17) is 24.2 Å². The van der Waals surface area contributed by atoms with E-state index in [1.807, 2.05) is 6.26 Å². The summed E-state index contributed by atoms with van der Waals surface area (Å²) in [5, 5.41) is 8.27. The molecule has 1 atom stereocenters. The molecule has 0 aromatic rings. The minimum absolute atomic E-state index is 0. The van der Waals surface area contributed by atoms with Crippen LogP contribution < -0.4 is 64.8 Å². The number of thioether (sulfide) groups is 1. The number of hydrogen-bond donors (Lipinski definition) is 2. The van der Waals surface area contributed by atoms with Crippen LogP contribution in [0.15, 0.2) is 0 Å². The molecule has 16 heavy (non-hydrogen) atoms. The van der Waals surface area contributed by atoms with Gasteiger partial charge in [-0.1, -0.05) is 0 Å². The van der Waals surface area contributed by atoms with Gasteiger partial charge in [0.05, 0.1) is 0 Å². The van der Waals surface area contributed by atoms with Crippen molar-refractivity contribution in [2.75, 3.05) is 12.0 Å². The normalized spacial score (nSPS) is 11.0. The molecule has 0 aromatic heterocycles. The Labute approximate surface area is 148 Å². The molecule has 0 aromatic carbocycles. The van der Waals surface area contributed by atoms with Crippen LogP contribution in [0.1, 0.15) is 6.42 Å². The Morgan fingerprint density at radius 3 is 2.06 bits per heavy atom. The second kappa shape index (κ2) is 15.1. The second-order valence-electron chi connectivity index (χ2n) is 2.13. The SMILES string of the molecule is CSCCC(N)C(=O)O.O=S([O-])([O-])=S.[Na+].[Na+]. The Morgan fingerprint density at radius 1 is 1.56 bits per heavy atom. The zero-order chi connectivity index (χ0) is 11.8. The fourth-order valence-corrected chi connectivity index (χ4v) is 0.858. The molecule has 11 heteroatoms. The van der Waals surface area contributed by atoms with Crippen molar-refractivity contribution in [1.29, 1.82) is 0 Å². The van der Waals surface area contributed by atoms with Crippen molar-refractivity contribution in [3.8, 4) is 0 Å². The number of nitrogens with two attached hydrogens (primary N) is 1. The predicted molar refractivity (Wildman–Crippen MR) is 55.7 cm³/mol. The van der Waals surface area contributed by atoms with E-state index in [0.717, 1.165) is 5.75 Å². The topological polar surface area (TPSA) is 127 Å². The van der Waals surface area contributed by atoms with Crippen LogP contribution in [0.2, 0.25) is 0 Å². The molecule has 0 aliphatic rings. The molecule has 0 bridgehead atoms. The Hall–Kier alpha value is 2.07. The van der Waals surface area contributed by atoms with Crippen molar-refractivity contribution in [1.82, 2.24) is 0 Å². The van der Waals surface area contributed by atoms with Gasteiger partial charge in [-0.25, -0.2) is 0 Å². The Bertz CT molecular complexity index is 253. The molecule has 0 heterocycles. The van der Waals surface area contributed by atoms with E-state index >= 15 is 0 Å². The molecular weight excluding hydrogens is 296 g/mol. The van der Waals surface area contributed by atoms with Crippen LogP contribution in [-0.2, 0) is 25.0 Å². The van der Waals surface area contributed by atoms with Crippen molar-refractivity contribution < 1.29 is 82.3 Å². The first kappa shape index (κ1) is 26.6. The standard InChI is InChI=1S/C5H11NO2S.2Na.H2O3S2/c1-9-3-2-4(6)5(7)8;;;1-5(2,3)4/h4H,2-3,6H2,1H3,(H,7,8);;;(H2,1,2,3,4)/q;2*+1;/p-2. The van der Waals surface area contributed by atoms with Crippen LogP contribution in [0.25, 0.3) is 0 Å². The Morgan fingerprint density at radius 2 is 1.88 bits per heavy atom. The summed E-state index contributed by atoms with van der Waals surface area (Å²) in [5.74, 6) is -0.1000. The number of carboxylic acid groups (broad SMARTS) is 1. The summed E-state index contributed by atoms with van der Waals surface area (Å²) in [7, 11) is -4.33. The molecule has 3 N–H and O–H groups in total. The molecule has 0 fully saturated rings. The first-order chi connectivity index (χ1) is 6.18. The molecule has 1 unspecified atom stereocenters. The molecule has 0 radical (unpaired) electrons. The molecule has 0 amide bonds. The fraction of sp³-hybridized carbons (Fsp3) is 0.800. The molecule has 0 rings (SSSR count). The van der Waals surface area contributed by atoms with Crippen LogP contribution in [0.4, 0.5) is 0 Å². The summed E-state index contributed by atoms with van der Waals surface area (Å²) in [5.41, 5.74) is 5.19. The maximum absolute atomic E-state index is 10.1. The first-order valence-corrected chi connectivity index (χ1v) is 7.05. The minimum atomic E-state index is -4.33. The minimum Gasteiger partial charge on any atom is -0.780 e. The summed E-state index contributed by atoms with van der Waals surface area (Å²) in [6, 6.07) is -0.683. The fourth-order valence-electron chi connectivity index (χ4n) is 0.368. The average Bonchev–Trinajstić information content (AvgIpc) is 1.96. The predicted octanol–water partition coefficient (Wildman–Crippen LogP) is -6.85. The quantitative estimate of drug-likeness (QED) is 0.491. The van der Waals surface area contributed by atoms with E-state index in [0.29, 0.717) is 6.42 Å². The third-order valence-corrected chi connectivity index (χ3v) is 1.59. The zero-order valence-electron chi connectivity index (χ0n) is 9.37. The molecule has 0 saturated heterocycles. The molecule has 0 saturated carbocycles. The molecule has 86 valence electrons. The van der Waals surface area contributed by atoms with E-state index in [-0.39, 0.29) is 59.1 Å². The van der Waals surface area contributed by atoms with Crippen LogP contribution in [0.3, 0.4) is 0 Å². The number of rotatable bonds is 4. The van der Waals surface area contributed by atoms with Crippen molar-refractivity contribution in [3.05, 3.63) is 0 Å². The van der Waals surface area contributed by atoms with E-state index in [9.17, 15) is 4.79 Å². The molecule has 6 nitrogen and oxygen atoms in total. The van der Waals surface area contributed by atoms with Gasteiger partial charge >= 0.3 is 65.1 Å². The van der Waals surface area contributed by atoms with Crippen molar-refractivity contribution in [3.63, 3.8) is 0 Å². The maximum atomic E-state index is 10.1. The molecule has 0 aliphatic carbocycles. The number of carbonyl (C=O) groups is 1. The van der Waals surface area contributed by atoms with E-state index in [1.54, 1.807) is 11.8 Å². The van der Waals surface area contributed by atoms with E-state index in [1.165, 1.54) is 0 Å². The summed E-state index contributed by atoms with van der Waals surface area (Å²) < 4.78 is 26.7. The van der Waals surface area contributed by atoms with E-state index in [2.05, 4.69) is 11.2 Å². The van der Waals surface area contributed by atoms with Gasteiger partial charge in [0.2, 0.25) is 0 Å². The van der Waals surface area contributed by atoms with Gasteiger partial charge in [0.25, 0.3) is 0 Å². The average molecular weight is 307 g/mol. The number of carboxylic acids is 1. The Kier molecular flexibility index (Phi) is 25.1. The van der Waals surface area contributed by atoms with Gasteiger partial charge in [0, 0.05) is 0 Å². The van der Waals surface area contributed by atoms with Crippen LogP contribution in [0, 0.1) is 0 Å². The Balaban J connectivity index is -0.0000000904. The third-order valence-electron chi connectivity index (χ3n) is 0.950. The monoisotopic (exact) mass is 307 g/mol. The summed E-state index contributed by atoms with van der Waals surface area (Å²) in [6.07, 6.45) is 2.48. The number of aliphatic carboxylic acids is 1. The van der Waals surface area contributed by atoms with Gasteiger partial charge in [0.15, 0.2) is 0 Å². The summed E-state index contributed by atoms with van der Waals surface area (Å²) in [4.78, 5) is 10.1. The van der Waals surface area contributed by atoms with Gasteiger partial charge in [-0.2, -0.15) is 11.8 Å². The zero-order valence-corrected chi connectivity index (χ0v) is 15.8. The van der Waals surface area contributed by atoms with E-state index < -0.39 is 21.1 Å². The smallest absolute Gasteiger partial charge is 0.780 e. The molecule has 0 aliphatic heterocycles. The van der Waals surface area contributed by atoms with Crippen molar-refractivity contribution >= 4 is 38.0 Å². The van der Waals surface area contributed by atoms with Gasteiger partial charge in [-0.15, -0.1) is 9.05 Å². The van der Waals surface area contributed by atoms with Gasteiger partial charge in [-0.05, 0) is 29.6 Å². The number of hydrogen-bond acceptors (Lipinski definition) is 7. The van der Waals surface area contributed by atoms with Crippen LogP contribution in [-0.4, -0.2) is 42.4 Å².